The highest BCUT2D eigenvalue weighted by molar-refractivity contribution is 8.01. The first-order valence-corrected chi connectivity index (χ1v) is 8.60. The maximum absolute atomic E-state index is 5.26. The largest absolute Gasteiger partial charge is 0.356 e. The van der Waals surface area contributed by atoms with Crippen LogP contribution in [0.4, 0.5) is 5.82 Å². The summed E-state index contributed by atoms with van der Waals surface area (Å²) < 4.78 is 7.13. The van der Waals surface area contributed by atoms with Crippen LogP contribution in [0.25, 0.3) is 22.5 Å². The molecule has 0 bridgehead atoms. The summed E-state index contributed by atoms with van der Waals surface area (Å²) >= 11 is 1.66. The van der Waals surface area contributed by atoms with E-state index in [2.05, 4.69) is 40.4 Å². The average Bonchev–Trinajstić information content (AvgIpc) is 3.27. The number of benzene rings is 1. The van der Waals surface area contributed by atoms with E-state index in [1.165, 1.54) is 5.56 Å². The molecule has 3 aromatic rings. The molecule has 120 valence electrons. The highest BCUT2D eigenvalue weighted by Crippen LogP contribution is 2.31. The van der Waals surface area contributed by atoms with E-state index in [0.717, 1.165) is 39.7 Å². The molecular weight excluding hydrogens is 320 g/mol. The zero-order valence-electron chi connectivity index (χ0n) is 13.4. The van der Waals surface area contributed by atoms with Crippen molar-refractivity contribution in [3.8, 4) is 22.5 Å². The minimum absolute atomic E-state index is 0.763. The van der Waals surface area contributed by atoms with Gasteiger partial charge in [-0.1, -0.05) is 17.3 Å². The summed E-state index contributed by atoms with van der Waals surface area (Å²) in [6.07, 6.45) is 3.55. The van der Waals surface area contributed by atoms with Gasteiger partial charge >= 0.3 is 0 Å². The predicted molar refractivity (Wildman–Crippen MR) is 98.0 cm³/mol. The van der Waals surface area contributed by atoms with Gasteiger partial charge in [0.1, 0.15) is 0 Å². The van der Waals surface area contributed by atoms with Crippen molar-refractivity contribution >= 4 is 23.5 Å². The lowest BCUT2D eigenvalue weighted by atomic mass is 9.98. The van der Waals surface area contributed by atoms with Gasteiger partial charge in [0.2, 0.25) is 0 Å². The van der Waals surface area contributed by atoms with Crippen LogP contribution in [0.1, 0.15) is 12.5 Å². The third-order valence-corrected chi connectivity index (χ3v) is 4.93. The standard InChI is InChI=1S/C18H16N4OS/c1-12-3-4-14(17-7-8-20-23-17)9-16(12)15-5-6-18(19-10-15)22-21-13(2)11-24-22/h3-10H,11H2,1-2H3. The number of hydrogen-bond acceptors (Lipinski definition) is 6. The van der Waals surface area contributed by atoms with Crippen molar-refractivity contribution < 1.29 is 4.52 Å². The molecule has 5 nitrogen and oxygen atoms in total. The third kappa shape index (κ3) is 2.80. The molecule has 0 N–H and O–H groups in total. The molecule has 4 rings (SSSR count). The number of aryl methyl sites for hydroxylation is 1. The quantitative estimate of drug-likeness (QED) is 0.657. The van der Waals surface area contributed by atoms with Crippen molar-refractivity contribution in [3.63, 3.8) is 0 Å². The van der Waals surface area contributed by atoms with E-state index in [0.29, 0.717) is 0 Å². The molecule has 0 saturated heterocycles. The van der Waals surface area contributed by atoms with Gasteiger partial charge in [0.15, 0.2) is 11.6 Å². The first-order valence-electron chi connectivity index (χ1n) is 7.66. The van der Waals surface area contributed by atoms with Crippen molar-refractivity contribution in [2.24, 2.45) is 5.10 Å². The van der Waals surface area contributed by atoms with Crippen LogP contribution in [0, 0.1) is 6.92 Å². The van der Waals surface area contributed by atoms with E-state index < -0.39 is 0 Å². The molecule has 0 atom stereocenters. The number of pyridine rings is 1. The molecule has 0 spiro atoms. The number of hydrogen-bond donors (Lipinski definition) is 0. The molecule has 0 aliphatic carbocycles. The molecule has 0 unspecified atom stereocenters. The maximum atomic E-state index is 5.26. The molecule has 6 heteroatoms. The minimum atomic E-state index is 0.763. The van der Waals surface area contributed by atoms with Crippen LogP contribution in [0.2, 0.25) is 0 Å². The fraction of sp³-hybridized carbons (Fsp3) is 0.167. The molecule has 24 heavy (non-hydrogen) atoms. The Kier molecular flexibility index (Phi) is 3.82. The van der Waals surface area contributed by atoms with Crippen molar-refractivity contribution in [2.75, 3.05) is 10.2 Å². The van der Waals surface area contributed by atoms with Crippen LogP contribution in [0.5, 0.6) is 0 Å². The second-order valence-corrected chi connectivity index (χ2v) is 6.59. The van der Waals surface area contributed by atoms with E-state index >= 15 is 0 Å². The van der Waals surface area contributed by atoms with Crippen LogP contribution in [-0.4, -0.2) is 21.6 Å². The van der Waals surface area contributed by atoms with Crippen LogP contribution in [0.3, 0.4) is 0 Å². The first-order chi connectivity index (χ1) is 11.7. The molecule has 0 radical (unpaired) electrons. The molecule has 1 aliphatic heterocycles. The SMILES string of the molecule is CC1=NN(c2ccc(-c3cc(-c4ccno4)ccc3C)cn2)SC1. The normalized spacial score (nSPS) is 14.1. The summed E-state index contributed by atoms with van der Waals surface area (Å²) in [7, 11) is 0. The van der Waals surface area contributed by atoms with Crippen molar-refractivity contribution in [2.45, 2.75) is 13.8 Å². The van der Waals surface area contributed by atoms with Crippen molar-refractivity contribution in [1.82, 2.24) is 10.1 Å². The monoisotopic (exact) mass is 336 g/mol. The Labute approximate surface area is 144 Å². The maximum Gasteiger partial charge on any atom is 0.166 e. The van der Waals surface area contributed by atoms with E-state index in [1.807, 2.05) is 35.7 Å². The Morgan fingerprint density at radius 2 is 1.96 bits per heavy atom. The van der Waals surface area contributed by atoms with Gasteiger partial charge < -0.3 is 4.52 Å². The number of rotatable bonds is 3. The molecular formula is C18H16N4OS. The van der Waals surface area contributed by atoms with E-state index in [-0.39, 0.29) is 0 Å². The molecule has 0 fully saturated rings. The number of hydrazone groups is 1. The van der Waals surface area contributed by atoms with Crippen molar-refractivity contribution in [3.05, 3.63) is 54.4 Å². The highest BCUT2D eigenvalue weighted by atomic mass is 32.2. The zero-order chi connectivity index (χ0) is 16.5. The zero-order valence-corrected chi connectivity index (χ0v) is 14.2. The number of nitrogens with zero attached hydrogens (tertiary/aromatic N) is 4. The predicted octanol–water partition coefficient (Wildman–Crippen LogP) is 4.56. The van der Waals surface area contributed by atoms with Gasteiger partial charge in [0.25, 0.3) is 0 Å². The average molecular weight is 336 g/mol. The van der Waals surface area contributed by atoms with Gasteiger partial charge in [0, 0.05) is 29.1 Å². The van der Waals surface area contributed by atoms with Gasteiger partial charge in [-0.25, -0.2) is 4.98 Å². The van der Waals surface area contributed by atoms with E-state index in [4.69, 9.17) is 4.52 Å². The molecule has 3 heterocycles. The lowest BCUT2D eigenvalue weighted by Crippen LogP contribution is -2.03. The minimum Gasteiger partial charge on any atom is -0.356 e. The third-order valence-electron chi connectivity index (χ3n) is 3.87. The topological polar surface area (TPSA) is 54.5 Å². The smallest absolute Gasteiger partial charge is 0.166 e. The van der Waals surface area contributed by atoms with Gasteiger partial charge in [-0.3, -0.25) is 0 Å². The number of aromatic nitrogens is 2. The Morgan fingerprint density at radius 3 is 2.62 bits per heavy atom. The Bertz CT molecular complexity index is 888. The molecule has 1 aliphatic rings. The van der Waals surface area contributed by atoms with Crippen LogP contribution < -0.4 is 4.41 Å². The fourth-order valence-corrected chi connectivity index (χ4v) is 3.40. The molecule has 1 aromatic carbocycles. The summed E-state index contributed by atoms with van der Waals surface area (Å²) in [6.45, 7) is 4.12. The highest BCUT2D eigenvalue weighted by Gasteiger charge is 2.15. The van der Waals surface area contributed by atoms with Gasteiger partial charge in [-0.15, -0.1) is 0 Å². The van der Waals surface area contributed by atoms with E-state index in [9.17, 15) is 0 Å². The summed E-state index contributed by atoms with van der Waals surface area (Å²) in [6, 6.07) is 12.2. The van der Waals surface area contributed by atoms with Crippen molar-refractivity contribution in [1.29, 1.82) is 0 Å². The summed E-state index contributed by atoms with van der Waals surface area (Å²) in [5.41, 5.74) is 5.52. The van der Waals surface area contributed by atoms with Crippen LogP contribution in [-0.2, 0) is 0 Å². The van der Waals surface area contributed by atoms with Gasteiger partial charge in [0.05, 0.1) is 11.9 Å². The summed E-state index contributed by atoms with van der Waals surface area (Å²) in [4.78, 5) is 4.57. The van der Waals surface area contributed by atoms with Crippen LogP contribution in [0.15, 0.2) is 58.4 Å². The molecule has 0 amide bonds. The van der Waals surface area contributed by atoms with E-state index in [1.54, 1.807) is 18.1 Å². The molecule has 0 saturated carbocycles. The Balaban J connectivity index is 1.67. The Morgan fingerprint density at radius 1 is 1.08 bits per heavy atom. The summed E-state index contributed by atoms with van der Waals surface area (Å²) in [5.74, 6) is 2.53. The van der Waals surface area contributed by atoms with Crippen LogP contribution >= 0.6 is 11.9 Å². The lowest BCUT2D eigenvalue weighted by Gasteiger charge is -2.12. The second kappa shape index (κ2) is 6.13. The molecule has 2 aromatic heterocycles. The Hall–Kier alpha value is -2.60. The summed E-state index contributed by atoms with van der Waals surface area (Å²) in [5, 5.41) is 8.24. The first kappa shape index (κ1) is 15.0. The lowest BCUT2D eigenvalue weighted by molar-refractivity contribution is 0.432. The fourth-order valence-electron chi connectivity index (χ4n) is 2.59. The van der Waals surface area contributed by atoms with Gasteiger partial charge in [-0.2, -0.15) is 9.52 Å². The second-order valence-electron chi connectivity index (χ2n) is 5.69. The van der Waals surface area contributed by atoms with Gasteiger partial charge in [-0.05, 0) is 55.1 Å². The number of anilines is 1.